The van der Waals surface area contributed by atoms with E-state index in [-0.39, 0.29) is 24.5 Å². The fourth-order valence-electron chi connectivity index (χ4n) is 3.69. The molecule has 9 nitrogen and oxygen atoms in total. The lowest BCUT2D eigenvalue weighted by molar-refractivity contribution is -0.384. The number of benzene rings is 3. The molecule has 35 heavy (non-hydrogen) atoms. The molecular formula is C25H19N3O6S. The standard InChI is InChI=1S/C25H19N3O6S/c1-32-21-8-4-5-9-22(21)34-13-12-33-20-11-10-17(28(30)31)14-16(20)15-23-24(29)27-19-7-3-2-6-18(19)26-25(27)35-23/h2-11,14-15H,12-13H2,1H3/b23-15-. The van der Waals surface area contributed by atoms with Crippen molar-refractivity contribution in [1.82, 2.24) is 9.38 Å². The number of thiazole rings is 1. The number of ether oxygens (including phenoxy) is 3. The molecule has 0 fully saturated rings. The largest absolute Gasteiger partial charge is 0.493 e. The van der Waals surface area contributed by atoms with Crippen LogP contribution in [-0.2, 0) is 0 Å². The third-order valence-corrected chi connectivity index (χ3v) is 6.27. The predicted octanol–water partition coefficient (Wildman–Crippen LogP) is 3.83. The average Bonchev–Trinajstić information content (AvgIpc) is 3.38. The summed E-state index contributed by atoms with van der Waals surface area (Å²) in [7, 11) is 1.56. The maximum absolute atomic E-state index is 13.1. The summed E-state index contributed by atoms with van der Waals surface area (Å²) in [5.41, 5.74) is 1.52. The van der Waals surface area contributed by atoms with E-state index >= 15 is 0 Å². The summed E-state index contributed by atoms with van der Waals surface area (Å²) in [6.45, 7) is 0.405. The molecule has 2 heterocycles. The van der Waals surface area contributed by atoms with E-state index in [1.54, 1.807) is 29.7 Å². The van der Waals surface area contributed by atoms with E-state index in [1.807, 2.05) is 36.4 Å². The lowest BCUT2D eigenvalue weighted by Crippen LogP contribution is -2.22. The number of methoxy groups -OCH3 is 1. The Hall–Kier alpha value is -4.44. The number of non-ortho nitro benzene ring substituents is 1. The van der Waals surface area contributed by atoms with E-state index in [1.165, 1.54) is 29.5 Å². The number of imidazole rings is 1. The van der Waals surface area contributed by atoms with Gasteiger partial charge in [0.15, 0.2) is 16.5 Å². The Morgan fingerprint density at radius 3 is 2.49 bits per heavy atom. The average molecular weight is 490 g/mol. The molecule has 0 unspecified atom stereocenters. The van der Waals surface area contributed by atoms with Crippen molar-refractivity contribution in [3.63, 3.8) is 0 Å². The van der Waals surface area contributed by atoms with Gasteiger partial charge in [0.05, 0.1) is 27.6 Å². The Balaban J connectivity index is 1.45. The summed E-state index contributed by atoms with van der Waals surface area (Å²) in [5, 5.41) is 11.4. The first-order valence-electron chi connectivity index (χ1n) is 10.6. The van der Waals surface area contributed by atoms with Gasteiger partial charge in [-0.1, -0.05) is 35.6 Å². The highest BCUT2D eigenvalue weighted by Gasteiger charge is 2.14. The van der Waals surface area contributed by atoms with Crippen molar-refractivity contribution in [2.24, 2.45) is 0 Å². The van der Waals surface area contributed by atoms with Crippen molar-refractivity contribution in [1.29, 1.82) is 0 Å². The van der Waals surface area contributed by atoms with Gasteiger partial charge in [0.25, 0.3) is 11.2 Å². The van der Waals surface area contributed by atoms with Crippen LogP contribution in [0.2, 0.25) is 0 Å². The molecule has 0 saturated heterocycles. The van der Waals surface area contributed by atoms with Crippen LogP contribution in [0.25, 0.3) is 22.1 Å². The smallest absolute Gasteiger partial charge is 0.274 e. The van der Waals surface area contributed by atoms with E-state index in [0.29, 0.717) is 37.8 Å². The van der Waals surface area contributed by atoms with Gasteiger partial charge in [-0.3, -0.25) is 14.9 Å². The summed E-state index contributed by atoms with van der Waals surface area (Å²) >= 11 is 1.22. The maximum Gasteiger partial charge on any atom is 0.274 e. The Morgan fingerprint density at radius 2 is 1.71 bits per heavy atom. The van der Waals surface area contributed by atoms with Gasteiger partial charge in [0.1, 0.15) is 19.0 Å². The fourth-order valence-corrected chi connectivity index (χ4v) is 4.67. The topological polar surface area (TPSA) is 105 Å². The van der Waals surface area contributed by atoms with Crippen LogP contribution in [0.5, 0.6) is 17.2 Å². The van der Waals surface area contributed by atoms with Crippen LogP contribution in [0.1, 0.15) is 5.56 Å². The molecule has 5 aromatic rings. The van der Waals surface area contributed by atoms with Crippen LogP contribution < -0.4 is 24.3 Å². The number of para-hydroxylation sites is 4. The van der Waals surface area contributed by atoms with Crippen molar-refractivity contribution in [2.75, 3.05) is 20.3 Å². The normalized spacial score (nSPS) is 11.7. The van der Waals surface area contributed by atoms with Crippen molar-refractivity contribution in [3.05, 3.63) is 97.3 Å². The number of rotatable bonds is 8. The Morgan fingerprint density at radius 1 is 1.00 bits per heavy atom. The molecule has 0 amide bonds. The third kappa shape index (κ3) is 4.38. The molecule has 3 aromatic carbocycles. The highest BCUT2D eigenvalue weighted by Crippen LogP contribution is 2.27. The molecule has 0 atom stereocenters. The van der Waals surface area contributed by atoms with Gasteiger partial charge in [0.2, 0.25) is 0 Å². The first kappa shape index (κ1) is 22.4. The molecule has 5 rings (SSSR count). The highest BCUT2D eigenvalue weighted by atomic mass is 32.1. The second-order valence-electron chi connectivity index (χ2n) is 7.46. The number of aromatic nitrogens is 2. The molecule has 0 radical (unpaired) electrons. The molecule has 0 bridgehead atoms. The molecular weight excluding hydrogens is 470 g/mol. The van der Waals surface area contributed by atoms with Gasteiger partial charge in [-0.2, -0.15) is 0 Å². The molecule has 10 heteroatoms. The maximum atomic E-state index is 13.1. The summed E-state index contributed by atoms with van der Waals surface area (Å²) in [5.74, 6) is 1.59. The Bertz CT molecular complexity index is 1660. The van der Waals surface area contributed by atoms with Crippen LogP contribution in [0.3, 0.4) is 0 Å². The Labute approximate surface area is 202 Å². The van der Waals surface area contributed by atoms with Crippen molar-refractivity contribution < 1.29 is 19.1 Å². The predicted molar refractivity (Wildman–Crippen MR) is 133 cm³/mol. The van der Waals surface area contributed by atoms with Gasteiger partial charge < -0.3 is 14.2 Å². The first-order valence-corrected chi connectivity index (χ1v) is 11.5. The number of nitro groups is 1. The van der Waals surface area contributed by atoms with Crippen LogP contribution in [-0.4, -0.2) is 34.6 Å². The number of hydrogen-bond acceptors (Lipinski definition) is 8. The monoisotopic (exact) mass is 489 g/mol. The van der Waals surface area contributed by atoms with Gasteiger partial charge in [0, 0.05) is 17.7 Å². The van der Waals surface area contributed by atoms with Gasteiger partial charge in [-0.25, -0.2) is 9.38 Å². The second-order valence-corrected chi connectivity index (χ2v) is 8.47. The van der Waals surface area contributed by atoms with Crippen LogP contribution >= 0.6 is 11.3 Å². The molecule has 0 aliphatic heterocycles. The SMILES string of the molecule is COc1ccccc1OCCOc1ccc([N+](=O)[O-])cc1/C=c1\sc2nc3ccccc3n2c1=O. The van der Waals surface area contributed by atoms with E-state index in [2.05, 4.69) is 4.98 Å². The summed E-state index contributed by atoms with van der Waals surface area (Å²) in [6.07, 6.45) is 1.60. The Kier molecular flexibility index (Phi) is 6.02. The number of fused-ring (bicyclic) bond motifs is 3. The molecule has 0 aliphatic rings. The van der Waals surface area contributed by atoms with Crippen molar-refractivity contribution >= 4 is 39.1 Å². The third-order valence-electron chi connectivity index (χ3n) is 5.30. The van der Waals surface area contributed by atoms with Gasteiger partial charge in [-0.15, -0.1) is 0 Å². The van der Waals surface area contributed by atoms with E-state index in [0.717, 1.165) is 5.52 Å². The second kappa shape index (κ2) is 9.43. The van der Waals surface area contributed by atoms with Crippen LogP contribution in [0.4, 0.5) is 5.69 Å². The van der Waals surface area contributed by atoms with Gasteiger partial charge in [-0.05, 0) is 36.4 Å². The minimum absolute atomic E-state index is 0.104. The molecule has 2 aromatic heterocycles. The molecule has 0 aliphatic carbocycles. The summed E-state index contributed by atoms with van der Waals surface area (Å²) in [6, 6.07) is 18.9. The van der Waals surface area contributed by atoms with E-state index in [4.69, 9.17) is 14.2 Å². The summed E-state index contributed by atoms with van der Waals surface area (Å²) < 4.78 is 18.8. The summed E-state index contributed by atoms with van der Waals surface area (Å²) in [4.78, 5) is 29.0. The number of hydrogen-bond donors (Lipinski definition) is 0. The molecule has 0 N–H and O–H groups in total. The van der Waals surface area contributed by atoms with Crippen LogP contribution in [0.15, 0.2) is 71.5 Å². The fraction of sp³-hybridized carbons (Fsp3) is 0.120. The number of nitro benzene ring substituents is 1. The zero-order valence-corrected chi connectivity index (χ0v) is 19.4. The molecule has 176 valence electrons. The highest BCUT2D eigenvalue weighted by molar-refractivity contribution is 7.15. The zero-order chi connectivity index (χ0) is 24.4. The van der Waals surface area contributed by atoms with Crippen molar-refractivity contribution in [2.45, 2.75) is 0 Å². The van der Waals surface area contributed by atoms with Gasteiger partial charge >= 0.3 is 0 Å². The minimum Gasteiger partial charge on any atom is -0.493 e. The zero-order valence-electron chi connectivity index (χ0n) is 18.5. The molecule has 0 saturated carbocycles. The number of nitrogens with zero attached hydrogens (tertiary/aromatic N) is 3. The van der Waals surface area contributed by atoms with E-state index < -0.39 is 4.92 Å². The van der Waals surface area contributed by atoms with E-state index in [9.17, 15) is 14.9 Å². The lowest BCUT2D eigenvalue weighted by Gasteiger charge is -2.12. The lowest BCUT2D eigenvalue weighted by atomic mass is 10.1. The minimum atomic E-state index is -0.487. The molecule has 0 spiro atoms. The first-order chi connectivity index (χ1) is 17.0. The van der Waals surface area contributed by atoms with Crippen molar-refractivity contribution in [3.8, 4) is 17.2 Å². The van der Waals surface area contributed by atoms with Crippen LogP contribution in [0, 0.1) is 10.1 Å². The quantitative estimate of drug-likeness (QED) is 0.185.